The van der Waals surface area contributed by atoms with Crippen molar-refractivity contribution in [2.75, 3.05) is 49.5 Å². The maximum Gasteiger partial charge on any atom is 0.226 e. The van der Waals surface area contributed by atoms with Gasteiger partial charge >= 0.3 is 0 Å². The van der Waals surface area contributed by atoms with Gasteiger partial charge in [0.15, 0.2) is 0 Å². The summed E-state index contributed by atoms with van der Waals surface area (Å²) in [6.07, 6.45) is 0.0799. The van der Waals surface area contributed by atoms with Crippen LogP contribution in [-0.4, -0.2) is 76.4 Å². The number of fused-ring (bicyclic) bond motifs is 1. The molecular weight excluding hydrogens is 354 g/mol. The molecular formula is C17H25N5O3S. The van der Waals surface area contributed by atoms with Gasteiger partial charge in [0.05, 0.1) is 18.1 Å². The Morgan fingerprint density at radius 2 is 2.08 bits per heavy atom. The van der Waals surface area contributed by atoms with E-state index in [2.05, 4.69) is 33.2 Å². The van der Waals surface area contributed by atoms with Gasteiger partial charge in [0, 0.05) is 44.5 Å². The molecule has 1 atom stereocenters. The van der Waals surface area contributed by atoms with Crippen LogP contribution >= 0.6 is 11.3 Å². The summed E-state index contributed by atoms with van der Waals surface area (Å²) in [6, 6.07) is 2.14. The molecule has 0 saturated carbocycles. The lowest BCUT2D eigenvalue weighted by molar-refractivity contribution is -0.129. The van der Waals surface area contributed by atoms with E-state index in [9.17, 15) is 9.90 Å². The van der Waals surface area contributed by atoms with Gasteiger partial charge in [-0.3, -0.25) is 4.79 Å². The van der Waals surface area contributed by atoms with Crippen molar-refractivity contribution in [1.29, 1.82) is 0 Å². The number of hydrogen-bond acceptors (Lipinski definition) is 8. The van der Waals surface area contributed by atoms with Gasteiger partial charge in [0.2, 0.25) is 11.9 Å². The first-order chi connectivity index (χ1) is 12.5. The minimum absolute atomic E-state index is 0.0987. The van der Waals surface area contributed by atoms with E-state index < -0.39 is 6.10 Å². The Morgan fingerprint density at radius 1 is 1.35 bits per heavy atom. The third-order valence-electron chi connectivity index (χ3n) is 4.50. The number of amides is 1. The average molecular weight is 379 g/mol. The number of rotatable bonds is 6. The van der Waals surface area contributed by atoms with Crippen LogP contribution in [0.1, 0.15) is 18.7 Å². The highest BCUT2D eigenvalue weighted by atomic mass is 32.1. The molecule has 26 heavy (non-hydrogen) atoms. The van der Waals surface area contributed by atoms with Crippen molar-refractivity contribution in [3.8, 4) is 0 Å². The number of aryl methyl sites for hydroxylation is 1. The van der Waals surface area contributed by atoms with Crippen LogP contribution in [-0.2, 0) is 11.2 Å². The van der Waals surface area contributed by atoms with Crippen LogP contribution in [0.2, 0.25) is 0 Å². The summed E-state index contributed by atoms with van der Waals surface area (Å²) < 4.78 is 0. The number of thiophene rings is 1. The van der Waals surface area contributed by atoms with Gasteiger partial charge in [-0.15, -0.1) is 11.3 Å². The summed E-state index contributed by atoms with van der Waals surface area (Å²) in [5, 5.41) is 22.6. The van der Waals surface area contributed by atoms with Crippen LogP contribution in [0.4, 0.5) is 11.8 Å². The number of nitrogens with zero attached hydrogens (tertiary/aromatic N) is 4. The van der Waals surface area contributed by atoms with Gasteiger partial charge in [0.1, 0.15) is 10.6 Å². The minimum atomic E-state index is -0.855. The Kier molecular flexibility index (Phi) is 5.90. The highest BCUT2D eigenvalue weighted by Crippen LogP contribution is 2.32. The number of aliphatic hydroxyl groups excluding tert-OH is 2. The van der Waals surface area contributed by atoms with Crippen molar-refractivity contribution in [3.63, 3.8) is 0 Å². The van der Waals surface area contributed by atoms with E-state index in [1.807, 2.05) is 4.90 Å². The normalized spacial score (nSPS) is 16.2. The highest BCUT2D eigenvalue weighted by Gasteiger charge is 2.23. The fourth-order valence-electron chi connectivity index (χ4n) is 2.96. The molecule has 1 amide bonds. The number of carbonyl (C=O) groups is 1. The van der Waals surface area contributed by atoms with Crippen LogP contribution in [0.15, 0.2) is 6.07 Å². The summed E-state index contributed by atoms with van der Waals surface area (Å²) in [4.78, 5) is 27.0. The molecule has 1 aliphatic rings. The topological polar surface area (TPSA) is 102 Å². The average Bonchev–Trinajstić information content (AvgIpc) is 3.08. The number of carbonyl (C=O) groups excluding carboxylic acids is 1. The van der Waals surface area contributed by atoms with Crippen LogP contribution in [0.25, 0.3) is 10.2 Å². The summed E-state index contributed by atoms with van der Waals surface area (Å²) in [5.41, 5.74) is 0. The molecule has 0 spiro atoms. The molecule has 2 aromatic rings. The molecule has 1 aliphatic heterocycles. The molecule has 1 saturated heterocycles. The molecule has 3 heterocycles. The van der Waals surface area contributed by atoms with Crippen LogP contribution in [0.3, 0.4) is 0 Å². The van der Waals surface area contributed by atoms with E-state index in [0.717, 1.165) is 35.5 Å². The second kappa shape index (κ2) is 8.15. The van der Waals surface area contributed by atoms with Gasteiger partial charge in [-0.1, -0.05) is 6.92 Å². The second-order valence-electron chi connectivity index (χ2n) is 6.37. The molecule has 1 fully saturated rings. The number of hydrogen-bond donors (Lipinski definition) is 3. The predicted molar refractivity (Wildman–Crippen MR) is 103 cm³/mol. The van der Waals surface area contributed by atoms with E-state index in [1.54, 1.807) is 18.3 Å². The fourth-order valence-corrected chi connectivity index (χ4v) is 3.92. The Morgan fingerprint density at radius 3 is 2.69 bits per heavy atom. The zero-order valence-electron chi connectivity index (χ0n) is 15.1. The molecule has 0 radical (unpaired) electrons. The number of aliphatic hydroxyl groups is 2. The molecule has 0 aromatic carbocycles. The predicted octanol–water partition coefficient (Wildman–Crippen LogP) is 0.687. The number of aromatic nitrogens is 2. The maximum atomic E-state index is 11.6. The first kappa shape index (κ1) is 18.8. The first-order valence-corrected chi connectivity index (χ1v) is 9.67. The maximum absolute atomic E-state index is 11.6. The van der Waals surface area contributed by atoms with Gasteiger partial charge in [-0.25, -0.2) is 4.98 Å². The van der Waals surface area contributed by atoms with Gasteiger partial charge in [-0.05, 0) is 12.5 Å². The summed E-state index contributed by atoms with van der Waals surface area (Å²) in [6.45, 7) is 6.39. The smallest absolute Gasteiger partial charge is 0.226 e. The van der Waals surface area contributed by atoms with Gasteiger partial charge in [0.25, 0.3) is 0 Å². The van der Waals surface area contributed by atoms with Crippen molar-refractivity contribution >= 4 is 39.2 Å². The zero-order valence-corrected chi connectivity index (χ0v) is 15.9. The summed E-state index contributed by atoms with van der Waals surface area (Å²) in [5.74, 6) is 1.40. The second-order valence-corrected chi connectivity index (χ2v) is 7.48. The van der Waals surface area contributed by atoms with E-state index in [0.29, 0.717) is 19.0 Å². The molecule has 0 unspecified atom stereocenters. The van der Waals surface area contributed by atoms with Gasteiger partial charge in [-0.2, -0.15) is 4.98 Å². The largest absolute Gasteiger partial charge is 0.394 e. The SMILES string of the molecule is CCc1cc2c(N3CCN(C(C)=O)CC3)nc(NC[C@H](O)CO)nc2s1. The Hall–Kier alpha value is -1.97. The van der Waals surface area contributed by atoms with E-state index in [-0.39, 0.29) is 19.1 Å². The first-order valence-electron chi connectivity index (χ1n) is 8.85. The third kappa shape index (κ3) is 4.05. The molecule has 3 rings (SSSR count). The highest BCUT2D eigenvalue weighted by molar-refractivity contribution is 7.18. The van der Waals surface area contributed by atoms with Crippen LogP contribution in [0.5, 0.6) is 0 Å². The molecule has 9 heteroatoms. The van der Waals surface area contributed by atoms with E-state index in [4.69, 9.17) is 5.11 Å². The van der Waals surface area contributed by atoms with Crippen LogP contribution in [0, 0.1) is 0 Å². The lowest BCUT2D eigenvalue weighted by Crippen LogP contribution is -2.48. The number of anilines is 2. The van der Waals surface area contributed by atoms with Crippen molar-refractivity contribution in [3.05, 3.63) is 10.9 Å². The number of nitrogens with one attached hydrogen (secondary N) is 1. The fraction of sp³-hybridized carbons (Fsp3) is 0.588. The van der Waals surface area contributed by atoms with Crippen molar-refractivity contribution in [2.45, 2.75) is 26.4 Å². The standard InChI is InChI=1S/C17H25N5O3S/c1-3-13-8-14-15(22-6-4-21(5-7-22)11(2)24)19-17(20-16(14)26-13)18-9-12(25)10-23/h8,12,23,25H,3-7,9-10H2,1-2H3,(H,18,19,20)/t12-/m0/s1. The molecule has 2 aromatic heterocycles. The van der Waals surface area contributed by atoms with Crippen LogP contribution < -0.4 is 10.2 Å². The lowest BCUT2D eigenvalue weighted by atomic mass is 10.2. The Bertz CT molecular complexity index is 773. The van der Waals surface area contributed by atoms with Crippen molar-refractivity contribution < 1.29 is 15.0 Å². The number of piperazine rings is 1. The molecule has 0 aliphatic carbocycles. The third-order valence-corrected chi connectivity index (χ3v) is 5.68. The Labute approximate surface area is 156 Å². The molecule has 3 N–H and O–H groups in total. The van der Waals surface area contributed by atoms with E-state index in [1.165, 1.54) is 4.88 Å². The minimum Gasteiger partial charge on any atom is -0.394 e. The zero-order chi connectivity index (χ0) is 18.7. The van der Waals surface area contributed by atoms with Crippen molar-refractivity contribution in [1.82, 2.24) is 14.9 Å². The van der Waals surface area contributed by atoms with E-state index >= 15 is 0 Å². The Balaban J connectivity index is 1.89. The van der Waals surface area contributed by atoms with Gasteiger partial charge < -0.3 is 25.3 Å². The quantitative estimate of drug-likeness (QED) is 0.679. The molecule has 0 bridgehead atoms. The monoisotopic (exact) mass is 379 g/mol. The summed E-state index contributed by atoms with van der Waals surface area (Å²) >= 11 is 1.64. The molecule has 8 nitrogen and oxygen atoms in total. The van der Waals surface area contributed by atoms with Crippen molar-refractivity contribution in [2.24, 2.45) is 0 Å². The lowest BCUT2D eigenvalue weighted by Gasteiger charge is -2.35. The summed E-state index contributed by atoms with van der Waals surface area (Å²) in [7, 11) is 0. The molecule has 142 valence electrons.